The van der Waals surface area contributed by atoms with Crippen LogP contribution in [-0.4, -0.2) is 53.0 Å². The van der Waals surface area contributed by atoms with E-state index < -0.39 is 0 Å². The highest BCUT2D eigenvalue weighted by Gasteiger charge is 2.35. The van der Waals surface area contributed by atoms with Gasteiger partial charge in [0.15, 0.2) is 0 Å². The second-order valence-corrected chi connectivity index (χ2v) is 11.6. The summed E-state index contributed by atoms with van der Waals surface area (Å²) in [6.07, 6.45) is 6.69. The van der Waals surface area contributed by atoms with Gasteiger partial charge in [0.2, 0.25) is 5.82 Å². The number of hydrogen-bond donors (Lipinski definition) is 1. The van der Waals surface area contributed by atoms with Crippen molar-refractivity contribution in [3.05, 3.63) is 95.0 Å². The molecule has 0 fully saturated rings. The Morgan fingerprint density at radius 1 is 1.00 bits per heavy atom. The van der Waals surface area contributed by atoms with Gasteiger partial charge in [-0.3, -0.25) is 0 Å². The quantitative estimate of drug-likeness (QED) is 0.241. The smallest absolute Gasteiger partial charge is 0.205 e. The predicted octanol–water partition coefficient (Wildman–Crippen LogP) is 6.71. The maximum absolute atomic E-state index is 5.20. The molecule has 3 aromatic carbocycles. The Balaban J connectivity index is 1.33. The van der Waals surface area contributed by atoms with Gasteiger partial charge in [0.05, 0.1) is 22.8 Å². The fourth-order valence-electron chi connectivity index (χ4n) is 6.61. The molecule has 1 N–H and O–H groups in total. The summed E-state index contributed by atoms with van der Waals surface area (Å²) in [5.74, 6) is 2.75. The van der Waals surface area contributed by atoms with Crippen molar-refractivity contribution < 1.29 is 0 Å². The van der Waals surface area contributed by atoms with E-state index in [-0.39, 0.29) is 0 Å². The lowest BCUT2D eigenvalue weighted by Gasteiger charge is -2.33. The van der Waals surface area contributed by atoms with Gasteiger partial charge in [0.25, 0.3) is 0 Å². The first-order valence-corrected chi connectivity index (χ1v) is 15.0. The molecule has 42 heavy (non-hydrogen) atoms. The van der Waals surface area contributed by atoms with Crippen molar-refractivity contribution in [1.82, 2.24) is 35.1 Å². The Kier molecular flexibility index (Phi) is 6.69. The Hall–Kier alpha value is -4.59. The third-order valence-electron chi connectivity index (χ3n) is 8.54. The maximum atomic E-state index is 5.20. The van der Waals surface area contributed by atoms with Crippen molar-refractivity contribution in [2.75, 3.05) is 0 Å². The lowest BCUT2D eigenvalue weighted by molar-refractivity contribution is 0.284. The molecule has 212 valence electrons. The van der Waals surface area contributed by atoms with Crippen molar-refractivity contribution in [2.24, 2.45) is 4.99 Å². The summed E-state index contributed by atoms with van der Waals surface area (Å²) >= 11 is 0. The molecule has 5 aromatic rings. The van der Waals surface area contributed by atoms with Gasteiger partial charge >= 0.3 is 0 Å². The van der Waals surface area contributed by atoms with Crippen LogP contribution in [0.2, 0.25) is 0 Å². The van der Waals surface area contributed by atoms with Gasteiger partial charge in [-0.05, 0) is 85.7 Å². The van der Waals surface area contributed by atoms with E-state index in [9.17, 15) is 0 Å². The van der Waals surface area contributed by atoms with Crippen LogP contribution in [0.25, 0.3) is 33.5 Å². The molecule has 0 amide bonds. The van der Waals surface area contributed by atoms with Crippen LogP contribution >= 0.6 is 0 Å². The number of aromatic amines is 1. The number of hydrogen-bond acceptors (Lipinski definition) is 6. The number of tetrazole rings is 1. The van der Waals surface area contributed by atoms with Crippen LogP contribution in [0.4, 0.5) is 0 Å². The van der Waals surface area contributed by atoms with E-state index in [0.717, 1.165) is 64.2 Å². The Labute approximate surface area is 246 Å². The zero-order valence-corrected chi connectivity index (χ0v) is 24.7. The van der Waals surface area contributed by atoms with E-state index in [1.54, 1.807) is 0 Å². The highest BCUT2D eigenvalue weighted by Crippen LogP contribution is 2.36. The molecule has 0 saturated carbocycles. The lowest BCUT2D eigenvalue weighted by atomic mass is 9.97. The predicted molar refractivity (Wildman–Crippen MR) is 167 cm³/mol. The van der Waals surface area contributed by atoms with Crippen molar-refractivity contribution in [1.29, 1.82) is 0 Å². The lowest BCUT2D eigenvalue weighted by Crippen LogP contribution is -2.42. The van der Waals surface area contributed by atoms with E-state index in [4.69, 9.17) is 9.98 Å². The highest BCUT2D eigenvalue weighted by atomic mass is 15.5. The minimum Gasteiger partial charge on any atom is -0.345 e. The summed E-state index contributed by atoms with van der Waals surface area (Å²) in [6, 6.07) is 22.2. The first kappa shape index (κ1) is 26.3. The summed E-state index contributed by atoms with van der Waals surface area (Å²) in [4.78, 5) is 12.8. The van der Waals surface area contributed by atoms with Crippen LogP contribution < -0.4 is 0 Å². The number of aliphatic imine (C=N–C) groups is 1. The summed E-state index contributed by atoms with van der Waals surface area (Å²) in [7, 11) is 0. The molecule has 2 aromatic heterocycles. The first-order valence-electron chi connectivity index (χ1n) is 15.0. The second kappa shape index (κ2) is 10.7. The number of nitrogens with one attached hydrogen (secondary N) is 1. The van der Waals surface area contributed by atoms with Crippen LogP contribution in [-0.2, 0) is 13.0 Å². The topological polar surface area (TPSA) is 87.9 Å². The van der Waals surface area contributed by atoms with Crippen LogP contribution in [0.1, 0.15) is 62.5 Å². The Bertz CT molecular complexity index is 1810. The SMILES string of the molecule is CCc1nc2c(C)cc(C3=NC4=CCCCC4N3C(C)C)cc2n1Cc1ccc(-c2ccccc2)c(-c2nn[nH]n2)c1. The molecule has 2 aliphatic rings. The van der Waals surface area contributed by atoms with Crippen LogP contribution in [0.15, 0.2) is 77.4 Å². The summed E-state index contributed by atoms with van der Waals surface area (Å²) < 4.78 is 2.37. The van der Waals surface area contributed by atoms with E-state index in [1.165, 1.54) is 23.2 Å². The molecule has 1 unspecified atom stereocenters. The van der Waals surface area contributed by atoms with Gasteiger partial charge in [-0.25, -0.2) is 9.98 Å². The number of nitrogens with zero attached hydrogens (tertiary/aromatic N) is 7. The van der Waals surface area contributed by atoms with Crippen LogP contribution in [0, 0.1) is 6.92 Å². The third-order valence-corrected chi connectivity index (χ3v) is 8.54. The van der Waals surface area contributed by atoms with Gasteiger partial charge in [0, 0.05) is 30.1 Å². The molecular weight excluding hydrogens is 520 g/mol. The van der Waals surface area contributed by atoms with Crippen molar-refractivity contribution in [3.8, 4) is 22.5 Å². The number of aryl methyl sites for hydroxylation is 2. The number of rotatable bonds is 7. The Morgan fingerprint density at radius 2 is 1.86 bits per heavy atom. The highest BCUT2D eigenvalue weighted by molar-refractivity contribution is 6.04. The molecule has 1 atom stereocenters. The molecule has 8 heteroatoms. The number of fused-ring (bicyclic) bond motifs is 2. The van der Waals surface area contributed by atoms with Crippen LogP contribution in [0.5, 0.6) is 0 Å². The average molecular weight is 557 g/mol. The largest absolute Gasteiger partial charge is 0.345 e. The second-order valence-electron chi connectivity index (χ2n) is 11.6. The molecule has 3 heterocycles. The molecule has 0 bridgehead atoms. The minimum absolute atomic E-state index is 0.372. The summed E-state index contributed by atoms with van der Waals surface area (Å²) in [5, 5.41) is 15.1. The molecule has 7 rings (SSSR count). The molecule has 0 spiro atoms. The number of amidine groups is 1. The molecule has 0 saturated heterocycles. The van der Waals surface area contributed by atoms with E-state index >= 15 is 0 Å². The van der Waals surface area contributed by atoms with Crippen molar-refractivity contribution in [2.45, 2.75) is 72.0 Å². The molecule has 0 radical (unpaired) electrons. The fourth-order valence-corrected chi connectivity index (χ4v) is 6.61. The fraction of sp³-hybridized carbons (Fsp3) is 0.324. The van der Waals surface area contributed by atoms with Gasteiger partial charge in [-0.2, -0.15) is 5.21 Å². The van der Waals surface area contributed by atoms with E-state index in [0.29, 0.717) is 24.5 Å². The minimum atomic E-state index is 0.372. The van der Waals surface area contributed by atoms with E-state index in [2.05, 4.69) is 118 Å². The van der Waals surface area contributed by atoms with Gasteiger partial charge < -0.3 is 9.47 Å². The number of imidazole rings is 1. The first-order chi connectivity index (χ1) is 20.5. The summed E-state index contributed by atoms with van der Waals surface area (Å²) in [5.41, 5.74) is 10.1. The maximum Gasteiger partial charge on any atom is 0.205 e. The number of allylic oxidation sites excluding steroid dienone is 1. The molecular formula is C34H36N8. The van der Waals surface area contributed by atoms with Gasteiger partial charge in [0.1, 0.15) is 11.7 Å². The van der Waals surface area contributed by atoms with Crippen molar-refractivity contribution in [3.63, 3.8) is 0 Å². The normalized spacial score (nSPS) is 16.7. The zero-order chi connectivity index (χ0) is 28.8. The monoisotopic (exact) mass is 556 g/mol. The molecule has 8 nitrogen and oxygen atoms in total. The third kappa shape index (κ3) is 4.51. The average Bonchev–Trinajstić information content (AvgIpc) is 3.76. The number of aromatic nitrogens is 6. The summed E-state index contributed by atoms with van der Waals surface area (Å²) in [6.45, 7) is 9.59. The van der Waals surface area contributed by atoms with Crippen molar-refractivity contribution >= 4 is 16.9 Å². The number of benzene rings is 3. The Morgan fingerprint density at radius 3 is 2.62 bits per heavy atom. The zero-order valence-electron chi connectivity index (χ0n) is 24.7. The van der Waals surface area contributed by atoms with E-state index in [1.807, 2.05) is 6.07 Å². The molecule has 1 aliphatic heterocycles. The van der Waals surface area contributed by atoms with Gasteiger partial charge in [-0.15, -0.1) is 10.2 Å². The van der Waals surface area contributed by atoms with Gasteiger partial charge in [-0.1, -0.05) is 55.5 Å². The number of H-pyrrole nitrogens is 1. The standard InChI is InChI=1S/C34H36N8/c1-5-31-36-32-22(4)17-25(34-35-28-13-9-10-14-29(28)42(34)21(2)3)19-30(32)41(31)20-23-15-16-26(24-11-7-6-8-12-24)27(18-23)33-37-39-40-38-33/h6-8,11-13,15-19,21,29H,5,9-10,14,20H2,1-4H3,(H,37,38,39,40). The molecule has 1 aliphatic carbocycles. The van der Waals surface area contributed by atoms with Crippen LogP contribution in [0.3, 0.4) is 0 Å².